The van der Waals surface area contributed by atoms with Gasteiger partial charge in [-0.2, -0.15) is 0 Å². The summed E-state index contributed by atoms with van der Waals surface area (Å²) in [6.07, 6.45) is 15.9. The smallest absolute Gasteiger partial charge is 0.00390 e. The molecular formula is C14H27N. The highest BCUT2D eigenvalue weighted by Gasteiger charge is 2.20. The molecule has 2 aliphatic rings. The maximum atomic E-state index is 5.94. The van der Waals surface area contributed by atoms with Crippen LogP contribution in [0.2, 0.25) is 0 Å². The van der Waals surface area contributed by atoms with E-state index in [2.05, 4.69) is 0 Å². The Bertz CT molecular complexity index is 164. The summed E-state index contributed by atoms with van der Waals surface area (Å²) < 4.78 is 0. The van der Waals surface area contributed by atoms with Crippen LogP contribution in [0.25, 0.3) is 0 Å². The van der Waals surface area contributed by atoms with Crippen molar-refractivity contribution in [2.75, 3.05) is 0 Å². The quantitative estimate of drug-likeness (QED) is 0.750. The molecule has 2 fully saturated rings. The van der Waals surface area contributed by atoms with Crippen molar-refractivity contribution in [1.29, 1.82) is 0 Å². The average Bonchev–Trinajstić information content (AvgIpc) is 2.30. The third-order valence-electron chi connectivity index (χ3n) is 4.60. The van der Waals surface area contributed by atoms with E-state index in [0.29, 0.717) is 6.04 Å². The predicted octanol–water partition coefficient (Wildman–Crippen LogP) is 3.86. The van der Waals surface area contributed by atoms with Gasteiger partial charge in [-0.25, -0.2) is 0 Å². The third-order valence-corrected chi connectivity index (χ3v) is 4.60. The SMILES string of the molecule is NC1CCC(CCC2CCCCC2)CC1. The molecule has 2 N–H and O–H groups in total. The van der Waals surface area contributed by atoms with Gasteiger partial charge < -0.3 is 5.73 Å². The first-order valence-corrected chi connectivity index (χ1v) is 7.10. The summed E-state index contributed by atoms with van der Waals surface area (Å²) in [7, 11) is 0. The highest BCUT2D eigenvalue weighted by molar-refractivity contribution is 4.75. The predicted molar refractivity (Wildman–Crippen MR) is 65.7 cm³/mol. The van der Waals surface area contributed by atoms with Gasteiger partial charge in [-0.05, 0) is 37.5 Å². The Hall–Kier alpha value is -0.0400. The van der Waals surface area contributed by atoms with Gasteiger partial charge in [-0.1, -0.05) is 44.9 Å². The van der Waals surface area contributed by atoms with Gasteiger partial charge in [-0.3, -0.25) is 0 Å². The molecule has 0 aromatic carbocycles. The van der Waals surface area contributed by atoms with Gasteiger partial charge in [-0.15, -0.1) is 0 Å². The van der Waals surface area contributed by atoms with E-state index in [4.69, 9.17) is 5.73 Å². The summed E-state index contributed by atoms with van der Waals surface area (Å²) in [6.45, 7) is 0. The summed E-state index contributed by atoms with van der Waals surface area (Å²) in [5, 5.41) is 0. The van der Waals surface area contributed by atoms with Crippen LogP contribution in [0.15, 0.2) is 0 Å². The Morgan fingerprint density at radius 1 is 0.667 bits per heavy atom. The standard InChI is InChI=1S/C14H27N/c15-14-10-8-13(9-11-14)7-6-12-4-2-1-3-5-12/h12-14H,1-11,15H2. The van der Waals surface area contributed by atoms with Gasteiger partial charge in [0, 0.05) is 6.04 Å². The molecule has 0 amide bonds. The van der Waals surface area contributed by atoms with Crippen LogP contribution < -0.4 is 5.73 Å². The van der Waals surface area contributed by atoms with E-state index >= 15 is 0 Å². The lowest BCUT2D eigenvalue weighted by atomic mass is 9.79. The van der Waals surface area contributed by atoms with Gasteiger partial charge >= 0.3 is 0 Å². The topological polar surface area (TPSA) is 26.0 Å². The van der Waals surface area contributed by atoms with Crippen molar-refractivity contribution in [3.8, 4) is 0 Å². The molecule has 2 aliphatic carbocycles. The molecule has 0 aromatic heterocycles. The lowest BCUT2D eigenvalue weighted by molar-refractivity contribution is 0.262. The second kappa shape index (κ2) is 5.89. The molecule has 1 heteroatoms. The molecule has 0 bridgehead atoms. The van der Waals surface area contributed by atoms with Gasteiger partial charge in [0.2, 0.25) is 0 Å². The Kier molecular flexibility index (Phi) is 4.49. The lowest BCUT2D eigenvalue weighted by Crippen LogP contribution is -2.26. The van der Waals surface area contributed by atoms with Crippen LogP contribution in [0.4, 0.5) is 0 Å². The normalized spacial score (nSPS) is 34.2. The molecular weight excluding hydrogens is 182 g/mol. The van der Waals surface area contributed by atoms with Crippen molar-refractivity contribution in [2.45, 2.75) is 76.7 Å². The van der Waals surface area contributed by atoms with E-state index in [0.717, 1.165) is 11.8 Å². The van der Waals surface area contributed by atoms with Crippen molar-refractivity contribution < 1.29 is 0 Å². The number of hydrogen-bond acceptors (Lipinski definition) is 1. The average molecular weight is 209 g/mol. The largest absolute Gasteiger partial charge is 0.328 e. The minimum atomic E-state index is 0.524. The fourth-order valence-corrected chi connectivity index (χ4v) is 3.42. The van der Waals surface area contributed by atoms with E-state index in [9.17, 15) is 0 Å². The molecule has 0 aliphatic heterocycles. The highest BCUT2D eigenvalue weighted by Crippen LogP contribution is 2.32. The maximum Gasteiger partial charge on any atom is 0.00390 e. The molecule has 0 atom stereocenters. The molecule has 0 radical (unpaired) electrons. The van der Waals surface area contributed by atoms with Crippen LogP contribution >= 0.6 is 0 Å². The summed E-state index contributed by atoms with van der Waals surface area (Å²) in [5.74, 6) is 2.10. The molecule has 2 saturated carbocycles. The Labute approximate surface area is 94.8 Å². The van der Waals surface area contributed by atoms with E-state index in [-0.39, 0.29) is 0 Å². The molecule has 0 aromatic rings. The van der Waals surface area contributed by atoms with Crippen molar-refractivity contribution in [3.05, 3.63) is 0 Å². The van der Waals surface area contributed by atoms with E-state index in [1.54, 1.807) is 0 Å². The van der Waals surface area contributed by atoms with Gasteiger partial charge in [0.1, 0.15) is 0 Å². The van der Waals surface area contributed by atoms with Gasteiger partial charge in [0.15, 0.2) is 0 Å². The lowest BCUT2D eigenvalue weighted by Gasteiger charge is -2.28. The first-order valence-electron chi connectivity index (χ1n) is 7.10. The van der Waals surface area contributed by atoms with Crippen LogP contribution in [0, 0.1) is 11.8 Å². The maximum absolute atomic E-state index is 5.94. The number of nitrogens with two attached hydrogens (primary N) is 1. The second-order valence-corrected chi connectivity index (χ2v) is 5.86. The molecule has 1 nitrogen and oxygen atoms in total. The number of rotatable bonds is 3. The molecule has 2 rings (SSSR count). The van der Waals surface area contributed by atoms with E-state index in [1.165, 1.54) is 70.6 Å². The van der Waals surface area contributed by atoms with Crippen LogP contribution in [0.1, 0.15) is 70.6 Å². The summed E-state index contributed by atoms with van der Waals surface area (Å²) >= 11 is 0. The second-order valence-electron chi connectivity index (χ2n) is 5.86. The van der Waals surface area contributed by atoms with Crippen LogP contribution in [0.3, 0.4) is 0 Å². The number of hydrogen-bond donors (Lipinski definition) is 1. The minimum Gasteiger partial charge on any atom is -0.328 e. The van der Waals surface area contributed by atoms with Crippen LogP contribution in [-0.2, 0) is 0 Å². The Balaban J connectivity index is 1.60. The molecule has 88 valence electrons. The van der Waals surface area contributed by atoms with Crippen LogP contribution in [-0.4, -0.2) is 6.04 Å². The minimum absolute atomic E-state index is 0.524. The van der Waals surface area contributed by atoms with Crippen LogP contribution in [0.5, 0.6) is 0 Å². The molecule has 0 unspecified atom stereocenters. The molecule has 0 heterocycles. The first-order chi connectivity index (χ1) is 7.34. The summed E-state index contributed by atoms with van der Waals surface area (Å²) in [4.78, 5) is 0. The highest BCUT2D eigenvalue weighted by atomic mass is 14.6. The van der Waals surface area contributed by atoms with Crippen molar-refractivity contribution in [2.24, 2.45) is 17.6 Å². The van der Waals surface area contributed by atoms with E-state index < -0.39 is 0 Å². The van der Waals surface area contributed by atoms with Gasteiger partial charge in [0.05, 0.1) is 0 Å². The molecule has 15 heavy (non-hydrogen) atoms. The van der Waals surface area contributed by atoms with E-state index in [1.807, 2.05) is 0 Å². The molecule has 0 spiro atoms. The third kappa shape index (κ3) is 3.79. The zero-order chi connectivity index (χ0) is 10.5. The fourth-order valence-electron chi connectivity index (χ4n) is 3.42. The summed E-state index contributed by atoms with van der Waals surface area (Å²) in [5.41, 5.74) is 5.94. The van der Waals surface area contributed by atoms with Crippen molar-refractivity contribution in [3.63, 3.8) is 0 Å². The zero-order valence-electron chi connectivity index (χ0n) is 10.1. The first kappa shape index (κ1) is 11.4. The fraction of sp³-hybridized carbons (Fsp3) is 1.00. The van der Waals surface area contributed by atoms with Gasteiger partial charge in [0.25, 0.3) is 0 Å². The Morgan fingerprint density at radius 3 is 1.80 bits per heavy atom. The van der Waals surface area contributed by atoms with Crippen molar-refractivity contribution in [1.82, 2.24) is 0 Å². The van der Waals surface area contributed by atoms with Crippen molar-refractivity contribution >= 4 is 0 Å². The zero-order valence-corrected chi connectivity index (χ0v) is 10.1. The Morgan fingerprint density at radius 2 is 1.20 bits per heavy atom. The summed E-state index contributed by atoms with van der Waals surface area (Å²) in [6, 6.07) is 0.524. The molecule has 0 saturated heterocycles. The monoisotopic (exact) mass is 209 g/mol.